The van der Waals surface area contributed by atoms with Gasteiger partial charge in [-0.3, -0.25) is 0 Å². The van der Waals surface area contributed by atoms with Crippen LogP contribution in [0.2, 0.25) is 0 Å². The number of halogens is 4. The number of rotatable bonds is 2. The number of alkyl halides is 3. The standard InChI is InChI=1S/C10H5BrF3NO3/c1-17-9(16)7-6(11)3-2-5(4-15)8(7)18-10(12,13)14/h2-3H,1H3. The quantitative estimate of drug-likeness (QED) is 0.785. The molecule has 0 atom stereocenters. The molecule has 4 nitrogen and oxygen atoms in total. The highest BCUT2D eigenvalue weighted by atomic mass is 79.9. The zero-order valence-electron chi connectivity index (χ0n) is 8.84. The number of ether oxygens (including phenoxy) is 2. The summed E-state index contributed by atoms with van der Waals surface area (Å²) in [4.78, 5) is 11.4. The zero-order chi connectivity index (χ0) is 13.9. The van der Waals surface area contributed by atoms with E-state index in [4.69, 9.17) is 5.26 Å². The predicted octanol–water partition coefficient (Wildman–Crippen LogP) is 3.01. The van der Waals surface area contributed by atoms with E-state index in [2.05, 4.69) is 25.4 Å². The van der Waals surface area contributed by atoms with Crippen LogP contribution in [0.4, 0.5) is 13.2 Å². The van der Waals surface area contributed by atoms with Crippen LogP contribution in [0.5, 0.6) is 5.75 Å². The van der Waals surface area contributed by atoms with Crippen molar-refractivity contribution in [3.8, 4) is 11.8 Å². The number of esters is 1. The van der Waals surface area contributed by atoms with Gasteiger partial charge in [-0.15, -0.1) is 13.2 Å². The molecule has 0 unspecified atom stereocenters. The highest BCUT2D eigenvalue weighted by molar-refractivity contribution is 9.10. The molecule has 0 amide bonds. The Morgan fingerprint density at radius 1 is 1.44 bits per heavy atom. The zero-order valence-corrected chi connectivity index (χ0v) is 10.4. The molecule has 96 valence electrons. The molecule has 0 spiro atoms. The Morgan fingerprint density at radius 3 is 2.50 bits per heavy atom. The lowest BCUT2D eigenvalue weighted by atomic mass is 10.1. The molecule has 1 rings (SSSR count). The van der Waals surface area contributed by atoms with Crippen molar-refractivity contribution in [1.29, 1.82) is 5.26 Å². The van der Waals surface area contributed by atoms with Crippen molar-refractivity contribution in [1.82, 2.24) is 0 Å². The minimum Gasteiger partial charge on any atom is -0.465 e. The fourth-order valence-corrected chi connectivity index (χ4v) is 1.63. The maximum absolute atomic E-state index is 12.2. The van der Waals surface area contributed by atoms with Crippen LogP contribution in [-0.2, 0) is 4.74 Å². The molecule has 8 heteroatoms. The number of carbonyl (C=O) groups excluding carboxylic acids is 1. The highest BCUT2D eigenvalue weighted by Crippen LogP contribution is 2.34. The summed E-state index contributed by atoms with van der Waals surface area (Å²) in [5.74, 6) is -1.93. The second kappa shape index (κ2) is 5.27. The first-order valence-corrected chi connectivity index (χ1v) is 5.16. The Hall–Kier alpha value is -1.75. The van der Waals surface area contributed by atoms with E-state index in [1.165, 1.54) is 12.1 Å². The van der Waals surface area contributed by atoms with Gasteiger partial charge in [0.15, 0.2) is 5.75 Å². The first-order chi connectivity index (χ1) is 8.30. The molecule has 0 fully saturated rings. The fraction of sp³-hybridized carbons (Fsp3) is 0.200. The summed E-state index contributed by atoms with van der Waals surface area (Å²) in [6, 6.07) is 3.86. The molecule has 0 aromatic heterocycles. The van der Waals surface area contributed by atoms with Gasteiger partial charge in [0.25, 0.3) is 0 Å². The summed E-state index contributed by atoms with van der Waals surface area (Å²) in [7, 11) is 1.01. The Bertz CT molecular complexity index is 522. The van der Waals surface area contributed by atoms with E-state index in [-0.39, 0.29) is 4.47 Å². The minimum absolute atomic E-state index is 0.0348. The predicted molar refractivity (Wildman–Crippen MR) is 56.9 cm³/mol. The normalized spacial score (nSPS) is 10.7. The average Bonchev–Trinajstić information content (AvgIpc) is 2.27. The van der Waals surface area contributed by atoms with Gasteiger partial charge in [0, 0.05) is 4.47 Å². The van der Waals surface area contributed by atoms with Gasteiger partial charge in [-0.2, -0.15) is 5.26 Å². The number of nitriles is 1. The van der Waals surface area contributed by atoms with E-state index in [0.717, 1.165) is 13.2 Å². The number of hydrogen-bond acceptors (Lipinski definition) is 4. The third-order valence-electron chi connectivity index (χ3n) is 1.83. The van der Waals surface area contributed by atoms with Crippen molar-refractivity contribution in [2.75, 3.05) is 7.11 Å². The van der Waals surface area contributed by atoms with Gasteiger partial charge in [-0.1, -0.05) is 0 Å². The lowest BCUT2D eigenvalue weighted by molar-refractivity contribution is -0.274. The van der Waals surface area contributed by atoms with Crippen molar-refractivity contribution >= 4 is 21.9 Å². The van der Waals surface area contributed by atoms with Crippen LogP contribution >= 0.6 is 15.9 Å². The smallest absolute Gasteiger partial charge is 0.465 e. The van der Waals surface area contributed by atoms with Crippen LogP contribution in [-0.4, -0.2) is 19.4 Å². The van der Waals surface area contributed by atoms with Crippen LogP contribution in [0.15, 0.2) is 16.6 Å². The van der Waals surface area contributed by atoms with Crippen LogP contribution < -0.4 is 4.74 Å². The molecular formula is C10H5BrF3NO3. The molecule has 0 aliphatic heterocycles. The Morgan fingerprint density at radius 2 is 2.06 bits per heavy atom. The minimum atomic E-state index is -5.02. The topological polar surface area (TPSA) is 59.3 Å². The van der Waals surface area contributed by atoms with E-state index in [9.17, 15) is 18.0 Å². The lowest BCUT2D eigenvalue weighted by Crippen LogP contribution is -2.20. The number of methoxy groups -OCH3 is 1. The second-order valence-corrected chi connectivity index (χ2v) is 3.80. The largest absolute Gasteiger partial charge is 0.573 e. The third-order valence-corrected chi connectivity index (χ3v) is 2.50. The maximum Gasteiger partial charge on any atom is 0.573 e. The summed E-state index contributed by atoms with van der Waals surface area (Å²) in [6.07, 6.45) is -5.02. The van der Waals surface area contributed by atoms with Gasteiger partial charge >= 0.3 is 12.3 Å². The van der Waals surface area contributed by atoms with Gasteiger partial charge in [0.2, 0.25) is 0 Å². The molecule has 0 heterocycles. The van der Waals surface area contributed by atoms with Crippen molar-refractivity contribution < 1.29 is 27.4 Å². The molecule has 0 saturated carbocycles. The van der Waals surface area contributed by atoms with Crippen LogP contribution in [0.3, 0.4) is 0 Å². The number of nitrogens with zero attached hydrogens (tertiary/aromatic N) is 1. The van der Waals surface area contributed by atoms with Gasteiger partial charge in [-0.25, -0.2) is 4.79 Å². The summed E-state index contributed by atoms with van der Waals surface area (Å²) >= 11 is 2.90. The SMILES string of the molecule is COC(=O)c1c(Br)ccc(C#N)c1OC(F)(F)F. The Balaban J connectivity index is 3.47. The number of carbonyl (C=O) groups is 1. The molecule has 1 aromatic carbocycles. The first-order valence-electron chi connectivity index (χ1n) is 4.36. The molecule has 0 aliphatic rings. The first kappa shape index (κ1) is 14.3. The monoisotopic (exact) mass is 323 g/mol. The summed E-state index contributed by atoms with van der Waals surface area (Å²) < 4.78 is 44.8. The number of hydrogen-bond donors (Lipinski definition) is 0. The molecule has 0 bridgehead atoms. The molecule has 0 aliphatic carbocycles. The van der Waals surface area contributed by atoms with Crippen LogP contribution in [0.1, 0.15) is 15.9 Å². The summed E-state index contributed by atoms with van der Waals surface area (Å²) in [5.41, 5.74) is -0.912. The van der Waals surface area contributed by atoms with Crippen LogP contribution in [0, 0.1) is 11.3 Å². The van der Waals surface area contributed by atoms with Crippen LogP contribution in [0.25, 0.3) is 0 Å². The van der Waals surface area contributed by atoms with Crippen molar-refractivity contribution in [2.45, 2.75) is 6.36 Å². The Labute approximate surface area is 108 Å². The van der Waals surface area contributed by atoms with Gasteiger partial charge in [-0.05, 0) is 28.1 Å². The van der Waals surface area contributed by atoms with Crippen molar-refractivity contribution in [3.05, 3.63) is 27.7 Å². The summed E-state index contributed by atoms with van der Waals surface area (Å²) in [5, 5.41) is 8.72. The van der Waals surface area contributed by atoms with Gasteiger partial charge < -0.3 is 9.47 Å². The second-order valence-electron chi connectivity index (χ2n) is 2.95. The maximum atomic E-state index is 12.2. The molecule has 18 heavy (non-hydrogen) atoms. The highest BCUT2D eigenvalue weighted by Gasteiger charge is 2.35. The molecule has 1 aromatic rings. The van der Waals surface area contributed by atoms with E-state index in [1.807, 2.05) is 0 Å². The van der Waals surface area contributed by atoms with Gasteiger partial charge in [0.05, 0.1) is 12.7 Å². The molecule has 0 N–H and O–H groups in total. The van der Waals surface area contributed by atoms with E-state index in [1.54, 1.807) is 0 Å². The molecule has 0 radical (unpaired) electrons. The van der Waals surface area contributed by atoms with E-state index < -0.39 is 29.2 Å². The van der Waals surface area contributed by atoms with Crippen molar-refractivity contribution in [3.63, 3.8) is 0 Å². The Kier molecular flexibility index (Phi) is 4.19. The van der Waals surface area contributed by atoms with E-state index >= 15 is 0 Å². The van der Waals surface area contributed by atoms with Crippen molar-refractivity contribution in [2.24, 2.45) is 0 Å². The number of benzene rings is 1. The molecule has 0 saturated heterocycles. The van der Waals surface area contributed by atoms with Gasteiger partial charge in [0.1, 0.15) is 11.6 Å². The fourth-order valence-electron chi connectivity index (χ4n) is 1.16. The average molecular weight is 324 g/mol. The molecular weight excluding hydrogens is 319 g/mol. The third kappa shape index (κ3) is 3.13. The summed E-state index contributed by atoms with van der Waals surface area (Å²) in [6.45, 7) is 0. The van der Waals surface area contributed by atoms with E-state index in [0.29, 0.717) is 0 Å². The lowest BCUT2D eigenvalue weighted by Gasteiger charge is -2.14.